The summed E-state index contributed by atoms with van der Waals surface area (Å²) >= 11 is 1.56. The zero-order valence-corrected chi connectivity index (χ0v) is 24.5. The number of carboxylic acids is 1. The molecule has 0 radical (unpaired) electrons. The van der Waals surface area contributed by atoms with E-state index in [-0.39, 0.29) is 31.3 Å². The molecule has 2 rings (SSSR count). The summed E-state index contributed by atoms with van der Waals surface area (Å²) in [6, 6.07) is 3.47. The Balaban J connectivity index is 2.21. The number of thioether (sulfide) groups is 1. The van der Waals surface area contributed by atoms with Crippen molar-refractivity contribution in [2.24, 2.45) is 28.1 Å². The van der Waals surface area contributed by atoms with Crippen LogP contribution in [0.4, 0.5) is 0 Å². The van der Waals surface area contributed by atoms with E-state index in [1.165, 1.54) is 0 Å². The van der Waals surface area contributed by atoms with Gasteiger partial charge in [0.2, 0.25) is 17.7 Å². The van der Waals surface area contributed by atoms with Crippen molar-refractivity contribution in [2.75, 3.05) is 18.6 Å². The number of benzene rings is 1. The van der Waals surface area contributed by atoms with Crippen molar-refractivity contribution in [3.05, 3.63) is 36.0 Å². The third-order valence-electron chi connectivity index (χ3n) is 6.51. The van der Waals surface area contributed by atoms with Crippen LogP contribution in [-0.4, -0.2) is 82.5 Å². The van der Waals surface area contributed by atoms with E-state index in [4.69, 9.17) is 17.2 Å². The summed E-state index contributed by atoms with van der Waals surface area (Å²) in [5, 5.41) is 18.5. The van der Waals surface area contributed by atoms with E-state index >= 15 is 0 Å². The molecule has 14 heteroatoms. The van der Waals surface area contributed by atoms with Crippen molar-refractivity contribution in [1.29, 1.82) is 0 Å². The number of nitrogens with one attached hydrogen (secondary N) is 4. The van der Waals surface area contributed by atoms with Crippen molar-refractivity contribution in [1.82, 2.24) is 20.9 Å². The van der Waals surface area contributed by atoms with E-state index in [1.54, 1.807) is 31.8 Å². The van der Waals surface area contributed by atoms with Crippen LogP contribution in [0, 0.1) is 5.92 Å². The van der Waals surface area contributed by atoms with Gasteiger partial charge in [0.05, 0.1) is 6.04 Å². The maximum Gasteiger partial charge on any atom is 0.326 e. The zero-order valence-electron chi connectivity index (χ0n) is 23.7. The van der Waals surface area contributed by atoms with Crippen LogP contribution in [-0.2, 0) is 25.6 Å². The topological polar surface area (TPSA) is 231 Å². The van der Waals surface area contributed by atoms with Crippen LogP contribution < -0.4 is 33.2 Å². The third kappa shape index (κ3) is 10.6. The van der Waals surface area contributed by atoms with Crippen molar-refractivity contribution in [3.63, 3.8) is 0 Å². The highest BCUT2D eigenvalue weighted by Crippen LogP contribution is 2.19. The number of rotatable bonds is 17. The van der Waals surface area contributed by atoms with Gasteiger partial charge in [-0.15, -0.1) is 0 Å². The number of nitrogens with two attached hydrogens (primary N) is 3. The molecule has 1 heterocycles. The third-order valence-corrected chi connectivity index (χ3v) is 7.15. The Morgan fingerprint density at radius 2 is 1.68 bits per heavy atom. The quantitative estimate of drug-likeness (QED) is 0.0705. The molecule has 0 bridgehead atoms. The average molecular weight is 591 g/mol. The monoisotopic (exact) mass is 590 g/mol. The first-order valence-electron chi connectivity index (χ1n) is 13.4. The lowest BCUT2D eigenvalue weighted by molar-refractivity contribution is -0.142. The van der Waals surface area contributed by atoms with E-state index in [0.29, 0.717) is 18.6 Å². The molecule has 226 valence electrons. The Bertz CT molecular complexity index is 1210. The van der Waals surface area contributed by atoms with Gasteiger partial charge in [0.1, 0.15) is 18.1 Å². The molecule has 0 aliphatic carbocycles. The molecule has 13 nitrogen and oxygen atoms in total. The highest BCUT2D eigenvalue weighted by molar-refractivity contribution is 7.98. The molecule has 0 aliphatic rings. The minimum atomic E-state index is -1.22. The smallest absolute Gasteiger partial charge is 0.326 e. The number of carbonyl (C=O) groups excluding carboxylic acids is 3. The summed E-state index contributed by atoms with van der Waals surface area (Å²) in [7, 11) is 0. The normalized spacial score (nSPS) is 14.1. The molecule has 0 spiro atoms. The fraction of sp³-hybridized carbons (Fsp3) is 0.519. The molecule has 4 unspecified atom stereocenters. The minimum absolute atomic E-state index is 0.0871. The van der Waals surface area contributed by atoms with Gasteiger partial charge in [-0.2, -0.15) is 11.8 Å². The van der Waals surface area contributed by atoms with Crippen molar-refractivity contribution < 1.29 is 24.3 Å². The summed E-state index contributed by atoms with van der Waals surface area (Å²) < 4.78 is 0. The number of nitrogens with zero attached hydrogens (tertiary/aromatic N) is 1. The van der Waals surface area contributed by atoms with Crippen LogP contribution in [0.1, 0.15) is 38.7 Å². The molecule has 0 aliphatic heterocycles. The van der Waals surface area contributed by atoms with Gasteiger partial charge in [-0.1, -0.05) is 32.0 Å². The minimum Gasteiger partial charge on any atom is -0.480 e. The second-order valence-electron chi connectivity index (χ2n) is 10.1. The summed E-state index contributed by atoms with van der Waals surface area (Å²) in [6.45, 7) is 3.66. The summed E-state index contributed by atoms with van der Waals surface area (Å²) in [4.78, 5) is 58.4. The standard InChI is InChI=1S/C27H42N8O5S/c1-15(2)22(25(38)33-20(26(39)40)9-6-11-31-27(29)30)35-24(37)21(34-23(36)18(28)10-12-41-3)13-16-14-32-19-8-5-4-7-17(16)19/h4-5,7-8,14-15,18,20-22,32H,6,9-13,28H2,1-3H3,(H,33,38)(H,34,36)(H,35,37)(H,39,40)(H4,29,30,31). The van der Waals surface area contributed by atoms with Crippen LogP contribution in [0.15, 0.2) is 35.5 Å². The number of amides is 3. The maximum absolute atomic E-state index is 13.6. The number of para-hydroxylation sites is 1. The highest BCUT2D eigenvalue weighted by Gasteiger charge is 2.32. The molecular formula is C27H42N8O5S. The molecule has 2 aromatic rings. The maximum atomic E-state index is 13.6. The van der Waals surface area contributed by atoms with Crippen molar-refractivity contribution >= 4 is 52.3 Å². The lowest BCUT2D eigenvalue weighted by Gasteiger charge is -2.27. The van der Waals surface area contributed by atoms with Gasteiger partial charge in [-0.3, -0.25) is 19.4 Å². The Labute approximate surface area is 243 Å². The fourth-order valence-electron chi connectivity index (χ4n) is 4.20. The number of aromatic nitrogens is 1. The average Bonchev–Trinajstić information content (AvgIpc) is 3.33. The van der Waals surface area contributed by atoms with Gasteiger partial charge < -0.3 is 43.2 Å². The summed E-state index contributed by atoms with van der Waals surface area (Å²) in [5.74, 6) is -2.76. The number of carbonyl (C=O) groups is 4. The molecule has 0 saturated carbocycles. The first-order valence-corrected chi connectivity index (χ1v) is 14.8. The summed E-state index contributed by atoms with van der Waals surface area (Å²) in [5.41, 5.74) is 18.3. The van der Waals surface area contributed by atoms with Gasteiger partial charge in [-0.05, 0) is 48.8 Å². The molecule has 41 heavy (non-hydrogen) atoms. The predicted octanol–water partition coefficient (Wildman–Crippen LogP) is 0.0394. The van der Waals surface area contributed by atoms with Gasteiger partial charge in [0.25, 0.3) is 0 Å². The van der Waals surface area contributed by atoms with E-state index in [2.05, 4.69) is 25.9 Å². The van der Waals surface area contributed by atoms with Crippen LogP contribution in [0.3, 0.4) is 0 Å². The number of aliphatic carboxylic acids is 1. The lowest BCUT2D eigenvalue weighted by Crippen LogP contribution is -2.59. The first kappa shape index (κ1) is 33.4. The lowest BCUT2D eigenvalue weighted by atomic mass is 9.99. The van der Waals surface area contributed by atoms with E-state index in [0.717, 1.165) is 16.5 Å². The molecule has 0 saturated heterocycles. The number of guanidine groups is 1. The number of fused-ring (bicyclic) bond motifs is 1. The van der Waals surface area contributed by atoms with Crippen molar-refractivity contribution in [2.45, 2.75) is 63.7 Å². The largest absolute Gasteiger partial charge is 0.480 e. The molecular weight excluding hydrogens is 548 g/mol. The van der Waals surface area contributed by atoms with E-state index in [1.807, 2.05) is 30.5 Å². The molecule has 1 aromatic heterocycles. The molecule has 1 aromatic carbocycles. The van der Waals surface area contributed by atoms with Crippen LogP contribution >= 0.6 is 11.8 Å². The number of hydrogen-bond acceptors (Lipinski definition) is 7. The SMILES string of the molecule is CSCCC(N)C(=O)NC(Cc1c[nH]c2ccccc12)C(=O)NC(C(=O)NC(CCCN=C(N)N)C(=O)O)C(C)C. The second-order valence-corrected chi connectivity index (χ2v) is 11.1. The van der Waals surface area contributed by atoms with Gasteiger partial charge in [0.15, 0.2) is 5.96 Å². The summed E-state index contributed by atoms with van der Waals surface area (Å²) in [6.07, 6.45) is 4.68. The second kappa shape index (κ2) is 16.5. The number of hydrogen-bond donors (Lipinski definition) is 8. The first-order chi connectivity index (χ1) is 19.4. The molecule has 0 fully saturated rings. The van der Waals surface area contributed by atoms with Gasteiger partial charge in [0, 0.05) is 30.1 Å². The Morgan fingerprint density at radius 1 is 1.00 bits per heavy atom. The number of carboxylic acid groups (broad SMARTS) is 1. The Kier molecular flexibility index (Phi) is 13.4. The van der Waals surface area contributed by atoms with Crippen LogP contribution in [0.2, 0.25) is 0 Å². The molecule has 3 amide bonds. The fourth-order valence-corrected chi connectivity index (χ4v) is 4.69. The number of H-pyrrole nitrogens is 1. The van der Waals surface area contributed by atoms with Crippen molar-refractivity contribution in [3.8, 4) is 0 Å². The highest BCUT2D eigenvalue weighted by atomic mass is 32.2. The van der Waals surface area contributed by atoms with E-state index < -0.39 is 47.9 Å². The predicted molar refractivity (Wildman–Crippen MR) is 161 cm³/mol. The zero-order chi connectivity index (χ0) is 30.5. The Hall–Kier alpha value is -3.78. The van der Waals surface area contributed by atoms with Gasteiger partial charge in [-0.25, -0.2) is 4.79 Å². The van der Waals surface area contributed by atoms with Crippen LogP contribution in [0.25, 0.3) is 10.9 Å². The van der Waals surface area contributed by atoms with Crippen LogP contribution in [0.5, 0.6) is 0 Å². The molecule has 4 atom stereocenters. The Morgan fingerprint density at radius 3 is 2.32 bits per heavy atom. The number of aromatic amines is 1. The van der Waals surface area contributed by atoms with E-state index in [9.17, 15) is 24.3 Å². The molecule has 11 N–H and O–H groups in total. The number of aliphatic imine (C=N–C) groups is 1. The van der Waals surface area contributed by atoms with Gasteiger partial charge >= 0.3 is 5.97 Å².